The molecule has 6 fully saturated rings. The highest BCUT2D eigenvalue weighted by molar-refractivity contribution is 5.81. The maximum atomic E-state index is 12.9. The molecule has 12 aromatic carbocycles. The quantitative estimate of drug-likeness (QED) is 0.0356. The van der Waals surface area contributed by atoms with E-state index in [9.17, 15) is 14.4 Å². The molecule has 684 valence electrons. The third-order valence-electron chi connectivity index (χ3n) is 25.8. The van der Waals surface area contributed by atoms with Crippen molar-refractivity contribution in [2.24, 2.45) is 0 Å². The van der Waals surface area contributed by atoms with Crippen LogP contribution in [-0.4, -0.2) is 163 Å². The van der Waals surface area contributed by atoms with Gasteiger partial charge in [0.15, 0.2) is 0 Å². The van der Waals surface area contributed by atoms with Gasteiger partial charge in [-0.2, -0.15) is 0 Å². The van der Waals surface area contributed by atoms with Crippen LogP contribution < -0.4 is 0 Å². The third-order valence-corrected chi connectivity index (χ3v) is 25.8. The lowest BCUT2D eigenvalue weighted by molar-refractivity contribution is -0.232. The highest BCUT2D eigenvalue weighted by atomic mass is 16.6. The van der Waals surface area contributed by atoms with Gasteiger partial charge in [0.25, 0.3) is 0 Å². The zero-order valence-corrected chi connectivity index (χ0v) is 75.2. The zero-order chi connectivity index (χ0) is 89.9. The molecule has 0 spiro atoms. The molecule has 132 heavy (non-hydrogen) atoms. The Kier molecular flexibility index (Phi) is 35.9. The first-order chi connectivity index (χ1) is 65.2. The minimum Gasteiger partial charge on any atom is -0.375 e. The van der Waals surface area contributed by atoms with Crippen LogP contribution in [0.5, 0.6) is 0 Å². The van der Waals surface area contributed by atoms with Crippen LogP contribution in [-0.2, 0) is 151 Å². The van der Waals surface area contributed by atoms with Crippen LogP contribution in [0, 0.1) is 0 Å². The summed E-state index contributed by atoms with van der Waals surface area (Å²) in [7, 11) is 0. The first-order valence-corrected chi connectivity index (χ1v) is 46.8. The Hall–Kier alpha value is -11.0. The smallest absolute Gasteiger partial charge is 0.135 e. The van der Waals surface area contributed by atoms with Crippen molar-refractivity contribution in [2.75, 3.05) is 39.5 Å². The molecule has 0 N–H and O–H groups in total. The molecule has 0 radical (unpaired) electrons. The van der Waals surface area contributed by atoms with Gasteiger partial charge in [-0.1, -0.05) is 364 Å². The summed E-state index contributed by atoms with van der Waals surface area (Å²) in [4.78, 5) is 46.0. The summed E-state index contributed by atoms with van der Waals surface area (Å²) >= 11 is 0. The van der Waals surface area contributed by atoms with E-state index in [2.05, 4.69) is 160 Å². The van der Waals surface area contributed by atoms with Crippen LogP contribution in [0.4, 0.5) is 0 Å². The highest BCUT2D eigenvalue weighted by Crippen LogP contribution is 2.41. The standard InChI is InChI=1S/3C38H41NO5/c3*40-33-21-22-39-34(23-33)36(42-25-30-15-7-2-8-16-30)38(44-27-32-19-11-4-12-20-32)37(43-26-31-17-9-3-10-18-31)35(39)28-41-24-29-13-5-1-6-14-29/h3*1-20,34-38H,21-28H2/t3*34-,35-,36+,37-,38-/m111/s1. The van der Waals surface area contributed by atoms with E-state index in [-0.39, 0.29) is 90.2 Å². The number of hydrogen-bond acceptors (Lipinski definition) is 18. The van der Waals surface area contributed by atoms with E-state index in [1.54, 1.807) is 0 Å². The fraction of sp³-hybridized carbons (Fsp3) is 0.342. The van der Waals surface area contributed by atoms with Gasteiger partial charge in [0.2, 0.25) is 0 Å². The number of benzene rings is 12. The normalized spacial score (nSPS) is 23.7. The zero-order valence-electron chi connectivity index (χ0n) is 75.2. The average Bonchev–Trinajstić information content (AvgIpc) is 0.763. The van der Waals surface area contributed by atoms with Crippen LogP contribution in [0.2, 0.25) is 0 Å². The molecule has 6 aliphatic heterocycles. The van der Waals surface area contributed by atoms with Gasteiger partial charge in [-0.3, -0.25) is 29.1 Å². The van der Waals surface area contributed by atoms with E-state index in [1.165, 1.54) is 0 Å². The molecule has 6 saturated heterocycles. The molecule has 18 nitrogen and oxygen atoms in total. The number of Topliss-reactive ketones (excluding diaryl/α,β-unsaturated/α-hetero) is 3. The van der Waals surface area contributed by atoms with Crippen molar-refractivity contribution < 1.29 is 71.2 Å². The number of rotatable bonds is 39. The van der Waals surface area contributed by atoms with Gasteiger partial charge in [-0.15, -0.1) is 0 Å². The lowest BCUT2D eigenvalue weighted by atomic mass is 9.82. The number of fused-ring (bicyclic) bond motifs is 3. The second-order valence-corrected chi connectivity index (χ2v) is 34.9. The number of carbonyl (C=O) groups is 3. The molecule has 18 heteroatoms. The van der Waals surface area contributed by atoms with Gasteiger partial charge in [0.05, 0.1) is 117 Å². The molecule has 6 aliphatic rings. The topological polar surface area (TPSA) is 172 Å². The molecule has 0 bridgehead atoms. The molecule has 12 aromatic rings. The second-order valence-electron chi connectivity index (χ2n) is 34.9. The highest BCUT2D eigenvalue weighted by Gasteiger charge is 2.57. The monoisotopic (exact) mass is 1770 g/mol. The van der Waals surface area contributed by atoms with Gasteiger partial charge in [0, 0.05) is 76.3 Å². The Bertz CT molecular complexity index is 4790. The summed E-state index contributed by atoms with van der Waals surface area (Å²) in [6.07, 6.45) is -0.589. The Morgan fingerprint density at radius 1 is 0.182 bits per heavy atom. The van der Waals surface area contributed by atoms with Gasteiger partial charge in [-0.05, 0) is 66.8 Å². The fourth-order valence-corrected chi connectivity index (χ4v) is 19.1. The molecular weight excluding hydrogens is 1650 g/mol. The largest absolute Gasteiger partial charge is 0.375 e. The number of piperidine rings is 6. The van der Waals surface area contributed by atoms with Crippen LogP contribution in [0.1, 0.15) is 105 Å². The Labute approximate surface area is 777 Å². The lowest BCUT2D eigenvalue weighted by Crippen LogP contribution is -2.70. The Morgan fingerprint density at radius 2 is 0.326 bits per heavy atom. The van der Waals surface area contributed by atoms with E-state index in [4.69, 9.17) is 56.8 Å². The summed E-state index contributed by atoms with van der Waals surface area (Å²) < 4.78 is 80.3. The summed E-state index contributed by atoms with van der Waals surface area (Å²) in [6.45, 7) is 8.65. The number of hydrogen-bond donors (Lipinski definition) is 0. The molecule has 0 aromatic heterocycles. The number of carbonyl (C=O) groups excluding carboxylic acids is 3. The second kappa shape index (κ2) is 50.2. The number of ketones is 3. The SMILES string of the molecule is O=C1CCN2[C@H](C1)[C@H](OCc1ccccc1)[C@@H](OCc1ccccc1)[C@H](OCc1ccccc1)[C@H]2COCc1ccccc1.O=C1CCN2[C@H](C1)[C@H](OCc1ccccc1)[C@@H](OCc1ccccc1)[C@H](OCc1ccccc1)[C@H]2COCc1ccccc1.O=C1CCN2[C@H](C1)[C@H](OCc1ccccc1)[C@@H](OCc1ccccc1)[C@H](OCc1ccccc1)[C@H]2COCc1ccccc1. The van der Waals surface area contributed by atoms with Crippen molar-refractivity contribution in [2.45, 2.75) is 209 Å². The molecule has 0 amide bonds. The molecule has 15 atom stereocenters. The van der Waals surface area contributed by atoms with Gasteiger partial charge >= 0.3 is 0 Å². The van der Waals surface area contributed by atoms with Gasteiger partial charge < -0.3 is 56.8 Å². The molecule has 6 heterocycles. The van der Waals surface area contributed by atoms with Crippen molar-refractivity contribution in [3.63, 3.8) is 0 Å². The minimum absolute atomic E-state index is 0.113. The molecule has 0 saturated carbocycles. The predicted octanol–water partition coefficient (Wildman–Crippen LogP) is 19.1. The maximum Gasteiger partial charge on any atom is 0.135 e. The third kappa shape index (κ3) is 27.2. The number of ether oxygens (including phenoxy) is 12. The summed E-state index contributed by atoms with van der Waals surface area (Å²) in [5, 5.41) is 0. The minimum atomic E-state index is -0.417. The summed E-state index contributed by atoms with van der Waals surface area (Å²) in [6, 6.07) is 122. The van der Waals surface area contributed by atoms with Gasteiger partial charge in [0.1, 0.15) is 72.3 Å². The molecular formula is C114H123N3O15. The maximum absolute atomic E-state index is 12.9. The molecule has 0 aliphatic carbocycles. The van der Waals surface area contributed by atoms with E-state index >= 15 is 0 Å². The van der Waals surface area contributed by atoms with Crippen LogP contribution in [0.25, 0.3) is 0 Å². The predicted molar refractivity (Wildman–Crippen MR) is 509 cm³/mol. The van der Waals surface area contributed by atoms with Crippen molar-refractivity contribution in [3.05, 3.63) is 431 Å². The lowest BCUT2D eigenvalue weighted by Gasteiger charge is -2.54. The fourth-order valence-electron chi connectivity index (χ4n) is 19.1. The van der Waals surface area contributed by atoms with Crippen molar-refractivity contribution in [1.82, 2.24) is 14.7 Å². The Morgan fingerprint density at radius 3 is 0.492 bits per heavy atom. The molecule has 0 unspecified atom stereocenters. The van der Waals surface area contributed by atoms with Crippen LogP contribution in [0.15, 0.2) is 364 Å². The number of nitrogens with zero attached hydrogens (tertiary/aromatic N) is 3. The molecule has 18 rings (SSSR count). The summed E-state index contributed by atoms with van der Waals surface area (Å²) in [5.41, 5.74) is 13.1. The van der Waals surface area contributed by atoms with Gasteiger partial charge in [-0.25, -0.2) is 0 Å². The average molecular weight is 1780 g/mol. The van der Waals surface area contributed by atoms with Crippen molar-refractivity contribution >= 4 is 17.3 Å². The first kappa shape index (κ1) is 94.3. The van der Waals surface area contributed by atoms with Crippen LogP contribution in [0.3, 0.4) is 0 Å². The Balaban J connectivity index is 0.000000144. The van der Waals surface area contributed by atoms with E-state index in [1.807, 2.05) is 218 Å². The van der Waals surface area contributed by atoms with Crippen molar-refractivity contribution in [1.29, 1.82) is 0 Å². The first-order valence-electron chi connectivity index (χ1n) is 46.8. The summed E-state index contributed by atoms with van der Waals surface area (Å²) in [5.74, 6) is 0.775. The van der Waals surface area contributed by atoms with E-state index in [0.717, 1.165) is 66.8 Å². The van der Waals surface area contributed by atoms with Crippen molar-refractivity contribution in [3.8, 4) is 0 Å². The van der Waals surface area contributed by atoms with Crippen LogP contribution >= 0.6 is 0 Å². The van der Waals surface area contributed by atoms with E-state index in [0.29, 0.717) is 157 Å². The van der Waals surface area contributed by atoms with E-state index < -0.39 is 18.3 Å².